The molecule has 2 heterocycles. The summed E-state index contributed by atoms with van der Waals surface area (Å²) < 4.78 is 7.40. The van der Waals surface area contributed by atoms with Crippen LogP contribution in [0, 0.1) is 0 Å². The number of amides is 1. The molecule has 1 amide bonds. The monoisotopic (exact) mass is 387 g/mol. The molecule has 1 aliphatic carbocycles. The summed E-state index contributed by atoms with van der Waals surface area (Å²) >= 11 is 1.44. The summed E-state index contributed by atoms with van der Waals surface area (Å²) in [5.74, 6) is 1.55. The van der Waals surface area contributed by atoms with E-state index in [0.29, 0.717) is 5.92 Å². The molecule has 1 saturated carbocycles. The number of thioether (sulfide) groups is 1. The number of hydrogen-bond acceptors (Lipinski definition) is 6. The smallest absolute Gasteiger partial charge is 0.237 e. The molecule has 4 rings (SSSR count). The van der Waals surface area contributed by atoms with E-state index in [2.05, 4.69) is 20.4 Å². The van der Waals surface area contributed by atoms with Crippen molar-refractivity contribution in [2.45, 2.75) is 36.1 Å². The third kappa shape index (κ3) is 4.27. The standard InChI is InChI=1S/C19H25N5O2S/c1-13(27-19-22-21-17(23(19)2)14-3-4-14)18(25)20-15-5-7-16(8-6-15)24-9-11-26-12-10-24/h5-8,13-14H,3-4,9-12H2,1-2H3,(H,20,25)/t13-/m0/s1. The van der Waals surface area contributed by atoms with Gasteiger partial charge in [-0.05, 0) is 44.0 Å². The topological polar surface area (TPSA) is 72.3 Å². The molecule has 1 saturated heterocycles. The SMILES string of the molecule is C[C@H](Sc1nnc(C2CC2)n1C)C(=O)Nc1ccc(N2CCOCC2)cc1. The number of benzene rings is 1. The van der Waals surface area contributed by atoms with Crippen LogP contribution in [0.5, 0.6) is 0 Å². The van der Waals surface area contributed by atoms with Gasteiger partial charge in [0.05, 0.1) is 18.5 Å². The van der Waals surface area contributed by atoms with Crippen molar-refractivity contribution in [2.24, 2.45) is 7.05 Å². The van der Waals surface area contributed by atoms with Crippen molar-refractivity contribution in [3.8, 4) is 0 Å². The van der Waals surface area contributed by atoms with Crippen molar-refractivity contribution in [3.05, 3.63) is 30.1 Å². The highest BCUT2D eigenvalue weighted by Gasteiger charge is 2.30. The quantitative estimate of drug-likeness (QED) is 0.769. The summed E-state index contributed by atoms with van der Waals surface area (Å²) in [6.45, 7) is 5.23. The number of ether oxygens (including phenoxy) is 1. The number of carbonyl (C=O) groups excluding carboxylic acids is 1. The molecule has 1 atom stereocenters. The lowest BCUT2D eigenvalue weighted by atomic mass is 10.2. The second-order valence-corrected chi connectivity index (χ2v) is 8.38. The maximum atomic E-state index is 12.6. The van der Waals surface area contributed by atoms with E-state index < -0.39 is 0 Å². The van der Waals surface area contributed by atoms with E-state index in [9.17, 15) is 4.79 Å². The first-order valence-corrected chi connectivity index (χ1v) is 10.3. The molecule has 0 radical (unpaired) electrons. The van der Waals surface area contributed by atoms with Crippen LogP contribution in [0.25, 0.3) is 0 Å². The van der Waals surface area contributed by atoms with Crippen LogP contribution in [-0.4, -0.2) is 52.2 Å². The van der Waals surface area contributed by atoms with E-state index in [0.717, 1.165) is 48.7 Å². The van der Waals surface area contributed by atoms with Crippen molar-refractivity contribution in [2.75, 3.05) is 36.5 Å². The third-order valence-electron chi connectivity index (χ3n) is 4.97. The Kier molecular flexibility index (Phi) is 5.36. The van der Waals surface area contributed by atoms with Gasteiger partial charge in [0.25, 0.3) is 0 Å². The summed E-state index contributed by atoms with van der Waals surface area (Å²) in [5.41, 5.74) is 1.96. The molecule has 2 aromatic rings. The number of nitrogens with one attached hydrogen (secondary N) is 1. The van der Waals surface area contributed by atoms with Gasteiger partial charge in [-0.2, -0.15) is 0 Å². The molecule has 0 unspecified atom stereocenters. The Bertz CT molecular complexity index is 797. The van der Waals surface area contributed by atoms with E-state index in [1.807, 2.05) is 42.8 Å². The fourth-order valence-electron chi connectivity index (χ4n) is 3.16. The number of nitrogens with zero attached hydrogens (tertiary/aromatic N) is 4. The Hall–Kier alpha value is -2.06. The highest BCUT2D eigenvalue weighted by molar-refractivity contribution is 8.00. The van der Waals surface area contributed by atoms with Gasteiger partial charge < -0.3 is 19.5 Å². The summed E-state index contributed by atoms with van der Waals surface area (Å²) in [6.07, 6.45) is 2.38. The van der Waals surface area contributed by atoms with Crippen LogP contribution in [0.1, 0.15) is 31.5 Å². The zero-order chi connectivity index (χ0) is 18.8. The zero-order valence-corrected chi connectivity index (χ0v) is 16.5. The van der Waals surface area contributed by atoms with E-state index in [1.54, 1.807) is 0 Å². The Morgan fingerprint density at radius 1 is 1.22 bits per heavy atom. The molecule has 1 aromatic carbocycles. The van der Waals surface area contributed by atoms with Crippen LogP contribution < -0.4 is 10.2 Å². The minimum absolute atomic E-state index is 0.0323. The van der Waals surface area contributed by atoms with E-state index in [4.69, 9.17) is 4.74 Å². The fourth-order valence-corrected chi connectivity index (χ4v) is 3.98. The lowest BCUT2D eigenvalue weighted by Crippen LogP contribution is -2.36. The van der Waals surface area contributed by atoms with E-state index in [-0.39, 0.29) is 11.2 Å². The van der Waals surface area contributed by atoms with Gasteiger partial charge in [-0.25, -0.2) is 0 Å². The molecular formula is C19H25N5O2S. The summed E-state index contributed by atoms with van der Waals surface area (Å²) in [7, 11) is 1.98. The number of anilines is 2. The molecule has 2 aliphatic rings. The van der Waals surface area contributed by atoms with Crippen molar-refractivity contribution < 1.29 is 9.53 Å². The fraction of sp³-hybridized carbons (Fsp3) is 0.526. The first kappa shape index (κ1) is 18.3. The van der Waals surface area contributed by atoms with Crippen LogP contribution in [0.4, 0.5) is 11.4 Å². The predicted octanol–water partition coefficient (Wildman–Crippen LogP) is 2.65. The first-order valence-electron chi connectivity index (χ1n) is 9.41. The zero-order valence-electron chi connectivity index (χ0n) is 15.7. The van der Waals surface area contributed by atoms with Gasteiger partial charge in [0.1, 0.15) is 5.82 Å². The largest absolute Gasteiger partial charge is 0.378 e. The van der Waals surface area contributed by atoms with Crippen LogP contribution in [0.3, 0.4) is 0 Å². The van der Waals surface area contributed by atoms with Gasteiger partial charge in [0.15, 0.2) is 5.16 Å². The maximum absolute atomic E-state index is 12.6. The van der Waals surface area contributed by atoms with Crippen molar-refractivity contribution in [3.63, 3.8) is 0 Å². The molecule has 1 aromatic heterocycles. The minimum atomic E-state index is -0.251. The highest BCUT2D eigenvalue weighted by Crippen LogP contribution is 2.39. The van der Waals surface area contributed by atoms with Crippen LogP contribution in [0.2, 0.25) is 0 Å². The predicted molar refractivity (Wildman–Crippen MR) is 106 cm³/mol. The third-order valence-corrected chi connectivity index (χ3v) is 6.11. The van der Waals surface area contributed by atoms with Gasteiger partial charge in [0.2, 0.25) is 5.91 Å². The molecule has 0 bridgehead atoms. The average Bonchev–Trinajstić information content (AvgIpc) is 3.47. The molecule has 1 N–H and O–H groups in total. The van der Waals surface area contributed by atoms with Crippen molar-refractivity contribution in [1.82, 2.24) is 14.8 Å². The molecular weight excluding hydrogens is 362 g/mol. The van der Waals surface area contributed by atoms with E-state index in [1.165, 1.54) is 24.6 Å². The second-order valence-electron chi connectivity index (χ2n) is 7.07. The number of carbonyl (C=O) groups is 1. The van der Waals surface area contributed by atoms with Gasteiger partial charge in [-0.1, -0.05) is 11.8 Å². The lowest BCUT2D eigenvalue weighted by Gasteiger charge is -2.28. The number of hydrogen-bond donors (Lipinski definition) is 1. The second kappa shape index (κ2) is 7.90. The van der Waals surface area contributed by atoms with Crippen molar-refractivity contribution >= 4 is 29.0 Å². The molecule has 1 aliphatic heterocycles. The van der Waals surface area contributed by atoms with Gasteiger partial charge in [-0.3, -0.25) is 4.79 Å². The Labute approximate surface area is 163 Å². The average molecular weight is 388 g/mol. The van der Waals surface area contributed by atoms with Crippen molar-refractivity contribution in [1.29, 1.82) is 0 Å². The first-order chi connectivity index (χ1) is 13.1. The number of morpholine rings is 1. The molecule has 7 nitrogen and oxygen atoms in total. The molecule has 0 spiro atoms. The Balaban J connectivity index is 1.34. The molecule has 8 heteroatoms. The minimum Gasteiger partial charge on any atom is -0.378 e. The van der Waals surface area contributed by atoms with Gasteiger partial charge in [0, 0.05) is 37.4 Å². The van der Waals surface area contributed by atoms with E-state index >= 15 is 0 Å². The molecule has 144 valence electrons. The molecule has 27 heavy (non-hydrogen) atoms. The number of aromatic nitrogens is 3. The lowest BCUT2D eigenvalue weighted by molar-refractivity contribution is -0.115. The Morgan fingerprint density at radius 2 is 1.93 bits per heavy atom. The van der Waals surface area contributed by atoms with Gasteiger partial charge >= 0.3 is 0 Å². The summed E-state index contributed by atoms with van der Waals surface area (Å²) in [4.78, 5) is 14.8. The Morgan fingerprint density at radius 3 is 2.59 bits per heavy atom. The van der Waals surface area contributed by atoms with Crippen LogP contribution in [0.15, 0.2) is 29.4 Å². The van der Waals surface area contributed by atoms with Crippen LogP contribution in [-0.2, 0) is 16.6 Å². The maximum Gasteiger partial charge on any atom is 0.237 e. The summed E-state index contributed by atoms with van der Waals surface area (Å²) in [5, 5.41) is 12.1. The van der Waals surface area contributed by atoms with Crippen LogP contribution >= 0.6 is 11.8 Å². The van der Waals surface area contributed by atoms with Gasteiger partial charge in [-0.15, -0.1) is 10.2 Å². The summed E-state index contributed by atoms with van der Waals surface area (Å²) in [6, 6.07) is 7.99. The molecule has 2 fully saturated rings. The number of rotatable bonds is 6. The normalized spacial score (nSPS) is 18.4. The highest BCUT2D eigenvalue weighted by atomic mass is 32.2.